The van der Waals surface area contributed by atoms with Crippen molar-refractivity contribution in [2.24, 2.45) is 5.92 Å². The number of hydrogen-bond donors (Lipinski definition) is 3. The van der Waals surface area contributed by atoms with E-state index in [-0.39, 0.29) is 6.42 Å². The number of aliphatic carboxylic acids is 2. The molecular formula is C7H12O5. The van der Waals surface area contributed by atoms with Crippen LogP contribution in [0.4, 0.5) is 0 Å². The third kappa shape index (κ3) is 3.34. The summed E-state index contributed by atoms with van der Waals surface area (Å²) in [5.41, 5.74) is 0. The maximum absolute atomic E-state index is 10.4. The second-order valence-electron chi connectivity index (χ2n) is 2.53. The monoisotopic (exact) mass is 176 g/mol. The van der Waals surface area contributed by atoms with Gasteiger partial charge in [-0.25, -0.2) is 4.79 Å². The van der Waals surface area contributed by atoms with Crippen molar-refractivity contribution in [2.75, 3.05) is 0 Å². The van der Waals surface area contributed by atoms with Crippen molar-refractivity contribution >= 4 is 11.9 Å². The normalized spacial score (nSPS) is 15.2. The van der Waals surface area contributed by atoms with Gasteiger partial charge in [0, 0.05) is 0 Å². The first-order chi connectivity index (χ1) is 5.49. The van der Waals surface area contributed by atoms with E-state index < -0.39 is 24.0 Å². The molecular weight excluding hydrogens is 164 g/mol. The summed E-state index contributed by atoms with van der Waals surface area (Å²) in [6.07, 6.45) is -1.49. The summed E-state index contributed by atoms with van der Waals surface area (Å²) in [4.78, 5) is 20.5. The van der Waals surface area contributed by atoms with E-state index >= 15 is 0 Å². The zero-order valence-electron chi connectivity index (χ0n) is 6.73. The molecule has 3 N–H and O–H groups in total. The van der Waals surface area contributed by atoms with Crippen LogP contribution in [0.1, 0.15) is 19.8 Å². The molecule has 0 amide bonds. The lowest BCUT2D eigenvalue weighted by molar-refractivity contribution is -0.150. The van der Waals surface area contributed by atoms with E-state index in [0.29, 0.717) is 6.42 Å². The number of aliphatic hydroxyl groups excluding tert-OH is 1. The molecule has 0 saturated carbocycles. The molecule has 0 aromatic rings. The molecule has 12 heavy (non-hydrogen) atoms. The second kappa shape index (κ2) is 4.71. The Kier molecular flexibility index (Phi) is 4.28. The molecule has 0 saturated heterocycles. The summed E-state index contributed by atoms with van der Waals surface area (Å²) in [7, 11) is 0. The van der Waals surface area contributed by atoms with Crippen LogP contribution in [0.5, 0.6) is 0 Å². The summed E-state index contributed by atoms with van der Waals surface area (Å²) in [5.74, 6) is -3.23. The van der Waals surface area contributed by atoms with Crippen LogP contribution in [0.15, 0.2) is 0 Å². The third-order valence-corrected chi connectivity index (χ3v) is 1.63. The average Bonchev–Trinajstić information content (AvgIpc) is 1.98. The van der Waals surface area contributed by atoms with E-state index in [1.165, 1.54) is 0 Å². The Morgan fingerprint density at radius 3 is 2.00 bits per heavy atom. The summed E-state index contributed by atoms with van der Waals surface area (Å²) >= 11 is 0. The highest BCUT2D eigenvalue weighted by Gasteiger charge is 2.23. The highest BCUT2D eigenvalue weighted by molar-refractivity contribution is 5.74. The average molecular weight is 176 g/mol. The van der Waals surface area contributed by atoms with Crippen molar-refractivity contribution in [2.45, 2.75) is 25.9 Å². The van der Waals surface area contributed by atoms with Crippen LogP contribution in [0.25, 0.3) is 0 Å². The zero-order valence-corrected chi connectivity index (χ0v) is 6.73. The number of carbonyl (C=O) groups is 2. The van der Waals surface area contributed by atoms with Crippen molar-refractivity contribution in [3.05, 3.63) is 0 Å². The Hall–Kier alpha value is -1.10. The fraction of sp³-hybridized carbons (Fsp3) is 0.714. The van der Waals surface area contributed by atoms with Gasteiger partial charge in [0.05, 0.1) is 5.92 Å². The van der Waals surface area contributed by atoms with Crippen LogP contribution >= 0.6 is 0 Å². The second-order valence-corrected chi connectivity index (χ2v) is 2.53. The van der Waals surface area contributed by atoms with Gasteiger partial charge in [0.15, 0.2) is 6.10 Å². The lowest BCUT2D eigenvalue weighted by Crippen LogP contribution is -2.26. The van der Waals surface area contributed by atoms with Crippen LogP contribution in [0, 0.1) is 5.92 Å². The third-order valence-electron chi connectivity index (χ3n) is 1.63. The molecule has 2 atom stereocenters. The standard InChI is InChI=1S/C7H12O5/c1-2-4(6(9)10)3-5(8)7(11)12/h4-5,8H,2-3H2,1H3,(H,9,10)(H,11,12). The molecule has 0 spiro atoms. The van der Waals surface area contributed by atoms with E-state index in [1.807, 2.05) is 0 Å². The minimum absolute atomic E-state index is 0.235. The molecule has 2 unspecified atom stereocenters. The first-order valence-corrected chi connectivity index (χ1v) is 3.62. The van der Waals surface area contributed by atoms with Crippen molar-refractivity contribution in [1.82, 2.24) is 0 Å². The van der Waals surface area contributed by atoms with Crippen LogP contribution in [-0.2, 0) is 9.59 Å². The minimum Gasteiger partial charge on any atom is -0.481 e. The SMILES string of the molecule is CCC(CC(O)C(=O)O)C(=O)O. The molecule has 0 fully saturated rings. The van der Waals surface area contributed by atoms with Crippen molar-refractivity contribution in [3.8, 4) is 0 Å². The number of hydrogen-bond acceptors (Lipinski definition) is 3. The molecule has 0 aromatic carbocycles. The number of aliphatic hydroxyl groups is 1. The van der Waals surface area contributed by atoms with E-state index in [2.05, 4.69) is 0 Å². The highest BCUT2D eigenvalue weighted by Crippen LogP contribution is 2.11. The molecule has 5 heteroatoms. The van der Waals surface area contributed by atoms with Gasteiger partial charge >= 0.3 is 11.9 Å². The van der Waals surface area contributed by atoms with E-state index in [0.717, 1.165) is 0 Å². The largest absolute Gasteiger partial charge is 0.481 e. The maximum atomic E-state index is 10.4. The molecule has 0 aromatic heterocycles. The van der Waals surface area contributed by atoms with Gasteiger partial charge in [-0.3, -0.25) is 4.79 Å². The van der Waals surface area contributed by atoms with Crippen molar-refractivity contribution in [1.29, 1.82) is 0 Å². The minimum atomic E-state index is -1.58. The van der Waals surface area contributed by atoms with Gasteiger partial charge in [-0.2, -0.15) is 0 Å². The number of carboxylic acids is 2. The van der Waals surface area contributed by atoms with Gasteiger partial charge in [0.25, 0.3) is 0 Å². The predicted molar refractivity (Wildman–Crippen MR) is 39.7 cm³/mol. The molecule has 0 aliphatic rings. The maximum Gasteiger partial charge on any atom is 0.332 e. The van der Waals surface area contributed by atoms with Crippen molar-refractivity contribution in [3.63, 3.8) is 0 Å². The Morgan fingerprint density at radius 2 is 1.75 bits per heavy atom. The summed E-state index contributed by atoms with van der Waals surface area (Å²) in [6.45, 7) is 1.63. The van der Waals surface area contributed by atoms with Gasteiger partial charge in [-0.1, -0.05) is 6.92 Å². The van der Waals surface area contributed by atoms with E-state index in [4.69, 9.17) is 15.3 Å². The first-order valence-electron chi connectivity index (χ1n) is 3.62. The Morgan fingerprint density at radius 1 is 1.25 bits per heavy atom. The predicted octanol–water partition coefficient (Wildman–Crippen LogP) is -0.0672. The quantitative estimate of drug-likeness (QED) is 0.545. The van der Waals surface area contributed by atoms with Crippen LogP contribution in [-0.4, -0.2) is 33.4 Å². The fourth-order valence-corrected chi connectivity index (χ4v) is 0.812. The summed E-state index contributed by atoms with van der Waals surface area (Å²) in [5, 5.41) is 25.6. The Bertz CT molecular complexity index is 177. The van der Waals surface area contributed by atoms with E-state index in [1.54, 1.807) is 6.92 Å². The number of carboxylic acid groups (broad SMARTS) is 2. The lowest BCUT2D eigenvalue weighted by Gasteiger charge is -2.11. The molecule has 5 nitrogen and oxygen atoms in total. The van der Waals surface area contributed by atoms with Gasteiger partial charge in [-0.05, 0) is 12.8 Å². The summed E-state index contributed by atoms with van der Waals surface area (Å²) in [6, 6.07) is 0. The number of rotatable bonds is 5. The molecule has 0 aliphatic carbocycles. The van der Waals surface area contributed by atoms with Gasteiger partial charge in [0.2, 0.25) is 0 Å². The van der Waals surface area contributed by atoms with Crippen LogP contribution < -0.4 is 0 Å². The Balaban J connectivity index is 4.02. The molecule has 0 radical (unpaired) electrons. The fourth-order valence-electron chi connectivity index (χ4n) is 0.812. The molecule has 0 heterocycles. The molecule has 0 aliphatic heterocycles. The molecule has 0 rings (SSSR count). The highest BCUT2D eigenvalue weighted by atomic mass is 16.4. The van der Waals surface area contributed by atoms with Crippen LogP contribution in [0.2, 0.25) is 0 Å². The molecule has 0 bridgehead atoms. The van der Waals surface area contributed by atoms with Gasteiger partial charge in [-0.15, -0.1) is 0 Å². The van der Waals surface area contributed by atoms with E-state index in [9.17, 15) is 9.59 Å². The van der Waals surface area contributed by atoms with Gasteiger partial charge < -0.3 is 15.3 Å². The zero-order chi connectivity index (χ0) is 9.72. The Labute approximate surface area is 69.6 Å². The topological polar surface area (TPSA) is 94.8 Å². The first kappa shape index (κ1) is 10.9. The summed E-state index contributed by atoms with van der Waals surface area (Å²) < 4.78 is 0. The smallest absolute Gasteiger partial charge is 0.332 e. The molecule has 70 valence electrons. The van der Waals surface area contributed by atoms with Gasteiger partial charge in [0.1, 0.15) is 0 Å². The lowest BCUT2D eigenvalue weighted by atomic mass is 9.99. The van der Waals surface area contributed by atoms with Crippen LogP contribution in [0.3, 0.4) is 0 Å². The van der Waals surface area contributed by atoms with Crippen molar-refractivity contribution < 1.29 is 24.9 Å².